The Kier molecular flexibility index (Phi) is 5.91. The molecule has 0 radical (unpaired) electrons. The number of nitrogen functional groups attached to an aromatic ring is 1. The molecule has 0 unspecified atom stereocenters. The second kappa shape index (κ2) is 8.79. The largest absolute Gasteiger partial charge is 0.383 e. The van der Waals surface area contributed by atoms with Gasteiger partial charge in [-0.25, -0.2) is 13.5 Å². The summed E-state index contributed by atoms with van der Waals surface area (Å²) >= 11 is 1.29. The van der Waals surface area contributed by atoms with E-state index in [4.69, 9.17) is 10.3 Å². The van der Waals surface area contributed by atoms with Crippen molar-refractivity contribution in [2.75, 3.05) is 17.3 Å². The number of hydrogen-bond donors (Lipinski definition) is 2. The molecule has 0 saturated carbocycles. The zero-order valence-corrected chi connectivity index (χ0v) is 17.9. The van der Waals surface area contributed by atoms with E-state index < -0.39 is 17.5 Å². The molecule has 2 aromatic carbocycles. The Balaban J connectivity index is 1.60. The lowest BCUT2D eigenvalue weighted by Gasteiger charge is -2.07. The number of hydrogen-bond acceptors (Lipinski definition) is 7. The van der Waals surface area contributed by atoms with E-state index in [0.717, 1.165) is 29.3 Å². The first-order valence-corrected chi connectivity index (χ1v) is 10.6. The minimum atomic E-state index is -0.756. The molecule has 0 spiro atoms. The SMILES string of the molecule is CSc1nn(CC(=O)Nc2cc(F)ccc2F)c(N)c1-c1nc(-c2cccc(C)c2)no1. The predicted molar refractivity (Wildman–Crippen MR) is 117 cm³/mol. The smallest absolute Gasteiger partial charge is 0.264 e. The van der Waals surface area contributed by atoms with E-state index in [1.54, 1.807) is 6.26 Å². The van der Waals surface area contributed by atoms with Crippen LogP contribution in [0.2, 0.25) is 0 Å². The quantitative estimate of drug-likeness (QED) is 0.420. The number of anilines is 2. The number of rotatable bonds is 6. The van der Waals surface area contributed by atoms with Crippen molar-refractivity contribution in [1.29, 1.82) is 0 Å². The highest BCUT2D eigenvalue weighted by molar-refractivity contribution is 7.98. The van der Waals surface area contributed by atoms with Crippen LogP contribution in [0.4, 0.5) is 20.3 Å². The fraction of sp³-hybridized carbons (Fsp3) is 0.143. The molecule has 0 aliphatic rings. The van der Waals surface area contributed by atoms with E-state index in [1.165, 1.54) is 16.4 Å². The van der Waals surface area contributed by atoms with E-state index in [9.17, 15) is 13.6 Å². The summed E-state index contributed by atoms with van der Waals surface area (Å²) in [6.07, 6.45) is 1.79. The number of nitrogens with zero attached hydrogens (tertiary/aromatic N) is 4. The van der Waals surface area contributed by atoms with Gasteiger partial charge in [-0.05, 0) is 31.4 Å². The van der Waals surface area contributed by atoms with Crippen molar-refractivity contribution in [2.24, 2.45) is 0 Å². The molecule has 0 bridgehead atoms. The topological polar surface area (TPSA) is 112 Å². The minimum Gasteiger partial charge on any atom is -0.383 e. The summed E-state index contributed by atoms with van der Waals surface area (Å²) in [6, 6.07) is 10.4. The molecule has 1 amide bonds. The number of aromatic nitrogens is 4. The number of halogens is 2. The second-order valence-corrected chi connectivity index (χ2v) is 7.69. The van der Waals surface area contributed by atoms with Crippen molar-refractivity contribution in [3.8, 4) is 22.8 Å². The molecule has 0 atom stereocenters. The number of amides is 1. The molecule has 2 aromatic heterocycles. The van der Waals surface area contributed by atoms with Crippen molar-refractivity contribution in [3.63, 3.8) is 0 Å². The summed E-state index contributed by atoms with van der Waals surface area (Å²) in [5.74, 6) is -1.38. The summed E-state index contributed by atoms with van der Waals surface area (Å²) in [4.78, 5) is 16.8. The maximum atomic E-state index is 13.8. The van der Waals surface area contributed by atoms with Gasteiger partial charge in [-0.15, -0.1) is 11.8 Å². The molecule has 8 nitrogen and oxygen atoms in total. The Morgan fingerprint density at radius 1 is 1.25 bits per heavy atom. The molecule has 4 aromatic rings. The van der Waals surface area contributed by atoms with Crippen LogP contribution in [0.3, 0.4) is 0 Å². The summed E-state index contributed by atoms with van der Waals surface area (Å²) in [7, 11) is 0. The number of carbonyl (C=O) groups excluding carboxylic acids is 1. The van der Waals surface area contributed by atoms with Gasteiger partial charge in [0.2, 0.25) is 11.7 Å². The molecule has 0 aliphatic carbocycles. The summed E-state index contributed by atoms with van der Waals surface area (Å²) in [5.41, 5.74) is 8.18. The van der Waals surface area contributed by atoms with Gasteiger partial charge >= 0.3 is 0 Å². The van der Waals surface area contributed by atoms with Gasteiger partial charge < -0.3 is 15.6 Å². The third-order valence-electron chi connectivity index (χ3n) is 4.57. The van der Waals surface area contributed by atoms with Crippen LogP contribution in [0.15, 0.2) is 52.0 Å². The first-order valence-electron chi connectivity index (χ1n) is 9.42. The van der Waals surface area contributed by atoms with E-state index >= 15 is 0 Å². The summed E-state index contributed by atoms with van der Waals surface area (Å²) in [5, 5.41) is 11.1. The summed E-state index contributed by atoms with van der Waals surface area (Å²) in [6.45, 7) is 1.63. The molecule has 32 heavy (non-hydrogen) atoms. The molecule has 11 heteroatoms. The number of benzene rings is 2. The van der Waals surface area contributed by atoms with Crippen LogP contribution in [0, 0.1) is 18.6 Å². The van der Waals surface area contributed by atoms with Crippen molar-refractivity contribution < 1.29 is 18.1 Å². The van der Waals surface area contributed by atoms with Crippen LogP contribution in [0.25, 0.3) is 22.8 Å². The van der Waals surface area contributed by atoms with Gasteiger partial charge in [-0.3, -0.25) is 4.79 Å². The van der Waals surface area contributed by atoms with Crippen LogP contribution in [0.5, 0.6) is 0 Å². The maximum Gasteiger partial charge on any atom is 0.264 e. The van der Waals surface area contributed by atoms with Gasteiger partial charge in [0.25, 0.3) is 5.89 Å². The van der Waals surface area contributed by atoms with Gasteiger partial charge in [0.05, 0.1) is 5.69 Å². The van der Waals surface area contributed by atoms with E-state index in [2.05, 4.69) is 20.6 Å². The van der Waals surface area contributed by atoms with Gasteiger partial charge in [0.1, 0.15) is 34.6 Å². The predicted octanol–water partition coefficient (Wildman–Crippen LogP) is 4.13. The molecular weight excluding hydrogens is 438 g/mol. The van der Waals surface area contributed by atoms with Gasteiger partial charge in [-0.2, -0.15) is 10.1 Å². The van der Waals surface area contributed by atoms with E-state index in [1.807, 2.05) is 31.2 Å². The van der Waals surface area contributed by atoms with E-state index in [-0.39, 0.29) is 23.9 Å². The van der Waals surface area contributed by atoms with Crippen molar-refractivity contribution in [3.05, 3.63) is 59.7 Å². The molecule has 0 aliphatic heterocycles. The first kappa shape index (κ1) is 21.5. The number of nitrogens with one attached hydrogen (secondary N) is 1. The first-order chi connectivity index (χ1) is 15.4. The van der Waals surface area contributed by atoms with Crippen LogP contribution in [0.1, 0.15) is 5.56 Å². The van der Waals surface area contributed by atoms with Crippen LogP contribution < -0.4 is 11.1 Å². The molecular formula is C21H18F2N6O2S. The normalized spacial score (nSPS) is 11.0. The Morgan fingerprint density at radius 2 is 2.06 bits per heavy atom. The number of thioether (sulfide) groups is 1. The Hall–Kier alpha value is -3.73. The number of nitrogens with two attached hydrogens (primary N) is 1. The fourth-order valence-electron chi connectivity index (χ4n) is 3.06. The molecule has 3 N–H and O–H groups in total. The van der Waals surface area contributed by atoms with E-state index in [0.29, 0.717) is 16.4 Å². The highest BCUT2D eigenvalue weighted by Crippen LogP contribution is 2.35. The number of aryl methyl sites for hydroxylation is 1. The molecule has 0 fully saturated rings. The molecule has 2 heterocycles. The Bertz CT molecular complexity index is 1300. The third-order valence-corrected chi connectivity index (χ3v) is 5.24. The highest BCUT2D eigenvalue weighted by atomic mass is 32.2. The lowest BCUT2D eigenvalue weighted by Crippen LogP contribution is -2.21. The van der Waals surface area contributed by atoms with Gasteiger partial charge in [0.15, 0.2) is 0 Å². The summed E-state index contributed by atoms with van der Waals surface area (Å²) < 4.78 is 33.8. The van der Waals surface area contributed by atoms with Crippen molar-refractivity contribution >= 4 is 29.2 Å². The fourth-order valence-corrected chi connectivity index (χ4v) is 3.64. The van der Waals surface area contributed by atoms with Gasteiger partial charge in [0, 0.05) is 11.6 Å². The standard InChI is InChI=1S/C21H18F2N6O2S/c1-11-4-3-5-12(8-11)19-26-20(31-28-19)17-18(24)29(27-21(17)32-2)10-16(30)25-15-9-13(22)6-7-14(15)23/h3-9H,10,24H2,1-2H3,(H,25,30). The highest BCUT2D eigenvalue weighted by Gasteiger charge is 2.24. The maximum absolute atomic E-state index is 13.8. The Labute approximate surface area is 185 Å². The molecule has 0 saturated heterocycles. The van der Waals surface area contributed by atoms with Crippen LogP contribution >= 0.6 is 11.8 Å². The lowest BCUT2D eigenvalue weighted by atomic mass is 10.1. The molecule has 164 valence electrons. The number of carbonyl (C=O) groups is 1. The zero-order chi connectivity index (χ0) is 22.8. The zero-order valence-electron chi connectivity index (χ0n) is 17.1. The van der Waals surface area contributed by atoms with Crippen LogP contribution in [-0.2, 0) is 11.3 Å². The van der Waals surface area contributed by atoms with Gasteiger partial charge in [-0.1, -0.05) is 28.9 Å². The monoisotopic (exact) mass is 456 g/mol. The Morgan fingerprint density at radius 3 is 2.81 bits per heavy atom. The van der Waals surface area contributed by atoms with Crippen molar-refractivity contribution in [1.82, 2.24) is 19.9 Å². The second-order valence-electron chi connectivity index (χ2n) is 6.89. The minimum absolute atomic E-state index is 0.128. The van der Waals surface area contributed by atoms with Crippen molar-refractivity contribution in [2.45, 2.75) is 18.5 Å². The average Bonchev–Trinajstić information content (AvgIpc) is 3.35. The van der Waals surface area contributed by atoms with Crippen LogP contribution in [-0.4, -0.2) is 32.1 Å². The molecule has 4 rings (SSSR count). The third kappa shape index (κ3) is 4.33. The average molecular weight is 456 g/mol. The lowest BCUT2D eigenvalue weighted by molar-refractivity contribution is -0.116.